The highest BCUT2D eigenvalue weighted by atomic mass is 16.5. The molecular weight excluding hydrogens is 268 g/mol. The quantitative estimate of drug-likeness (QED) is 0.678. The number of nitrogens with two attached hydrogens (primary N) is 1. The maximum absolute atomic E-state index is 12.3. The van der Waals surface area contributed by atoms with Gasteiger partial charge in [0.15, 0.2) is 0 Å². The molecule has 0 atom stereocenters. The van der Waals surface area contributed by atoms with Crippen molar-refractivity contribution in [3.05, 3.63) is 23.4 Å². The van der Waals surface area contributed by atoms with Crippen molar-refractivity contribution in [2.45, 2.75) is 33.7 Å². The fraction of sp³-hybridized carbons (Fsp3) is 0.438. The summed E-state index contributed by atoms with van der Waals surface area (Å²) in [4.78, 5) is 12.3. The molecule has 0 aliphatic rings. The molecule has 1 aromatic carbocycles. The predicted octanol–water partition coefficient (Wildman–Crippen LogP) is 3.13. The summed E-state index contributed by atoms with van der Waals surface area (Å²) in [5.74, 6) is 0.233. The number of aromatic nitrogens is 1. The van der Waals surface area contributed by atoms with Crippen molar-refractivity contribution in [1.82, 2.24) is 4.57 Å². The number of ether oxygens (including phenoxy) is 2. The lowest BCUT2D eigenvalue weighted by atomic mass is 10.1. The monoisotopic (exact) mass is 290 g/mol. The summed E-state index contributed by atoms with van der Waals surface area (Å²) in [7, 11) is 1.57. The van der Waals surface area contributed by atoms with Crippen molar-refractivity contribution in [3.8, 4) is 5.75 Å². The zero-order chi connectivity index (χ0) is 15.6. The molecule has 0 amide bonds. The maximum atomic E-state index is 12.3. The number of nitrogen functional groups attached to an aromatic ring is 1. The molecule has 114 valence electrons. The van der Waals surface area contributed by atoms with Gasteiger partial charge in [0.1, 0.15) is 5.75 Å². The normalized spacial score (nSPS) is 10.9. The molecule has 1 heterocycles. The van der Waals surface area contributed by atoms with Crippen molar-refractivity contribution in [3.63, 3.8) is 0 Å². The number of esters is 1. The second-order valence-corrected chi connectivity index (χ2v) is 4.91. The molecule has 5 heteroatoms. The van der Waals surface area contributed by atoms with E-state index in [2.05, 4.69) is 11.5 Å². The zero-order valence-corrected chi connectivity index (χ0v) is 13.0. The van der Waals surface area contributed by atoms with Crippen LogP contribution in [0.15, 0.2) is 12.1 Å². The van der Waals surface area contributed by atoms with Gasteiger partial charge >= 0.3 is 5.97 Å². The van der Waals surface area contributed by atoms with Gasteiger partial charge in [0.2, 0.25) is 0 Å². The summed E-state index contributed by atoms with van der Waals surface area (Å²) in [6.07, 6.45) is 0.971. The van der Waals surface area contributed by atoms with E-state index in [9.17, 15) is 4.79 Å². The minimum atomic E-state index is -0.338. The molecule has 0 saturated heterocycles. The molecule has 0 spiro atoms. The van der Waals surface area contributed by atoms with Gasteiger partial charge in [-0.25, -0.2) is 4.79 Å². The van der Waals surface area contributed by atoms with E-state index in [-0.39, 0.29) is 5.97 Å². The summed E-state index contributed by atoms with van der Waals surface area (Å²) >= 11 is 0. The topological polar surface area (TPSA) is 66.5 Å². The van der Waals surface area contributed by atoms with Gasteiger partial charge in [-0.2, -0.15) is 0 Å². The lowest BCUT2D eigenvalue weighted by Gasteiger charge is -2.08. The first-order chi connectivity index (χ1) is 10.1. The summed E-state index contributed by atoms with van der Waals surface area (Å²) in [6.45, 7) is 6.98. The van der Waals surface area contributed by atoms with Crippen LogP contribution in [0.25, 0.3) is 10.9 Å². The number of methoxy groups -OCH3 is 1. The van der Waals surface area contributed by atoms with Crippen LogP contribution < -0.4 is 10.5 Å². The molecule has 2 aromatic rings. The van der Waals surface area contributed by atoms with Gasteiger partial charge in [-0.1, -0.05) is 6.92 Å². The van der Waals surface area contributed by atoms with Gasteiger partial charge in [-0.3, -0.25) is 0 Å². The van der Waals surface area contributed by atoms with E-state index in [1.54, 1.807) is 14.0 Å². The van der Waals surface area contributed by atoms with E-state index in [1.807, 2.05) is 19.1 Å². The summed E-state index contributed by atoms with van der Waals surface area (Å²) < 4.78 is 12.6. The molecule has 2 N–H and O–H groups in total. The Morgan fingerprint density at radius 1 is 1.33 bits per heavy atom. The van der Waals surface area contributed by atoms with Crippen molar-refractivity contribution < 1.29 is 14.3 Å². The van der Waals surface area contributed by atoms with Crippen LogP contribution in [0.4, 0.5) is 5.69 Å². The smallest absolute Gasteiger partial charge is 0.340 e. The maximum Gasteiger partial charge on any atom is 0.340 e. The van der Waals surface area contributed by atoms with Gasteiger partial charge in [0.05, 0.1) is 30.5 Å². The van der Waals surface area contributed by atoms with E-state index in [0.29, 0.717) is 23.6 Å². The zero-order valence-electron chi connectivity index (χ0n) is 13.0. The van der Waals surface area contributed by atoms with Crippen LogP contribution in [0, 0.1) is 6.92 Å². The summed E-state index contributed by atoms with van der Waals surface area (Å²) in [5, 5.41) is 0.721. The third-order valence-corrected chi connectivity index (χ3v) is 3.64. The van der Waals surface area contributed by atoms with Crippen LogP contribution in [-0.4, -0.2) is 24.3 Å². The van der Waals surface area contributed by atoms with Crippen LogP contribution in [0.5, 0.6) is 5.75 Å². The third-order valence-electron chi connectivity index (χ3n) is 3.64. The van der Waals surface area contributed by atoms with Gasteiger partial charge in [0.25, 0.3) is 0 Å². The molecule has 0 unspecified atom stereocenters. The Balaban J connectivity index is 2.80. The molecule has 0 saturated carbocycles. The first-order valence-corrected chi connectivity index (χ1v) is 7.19. The van der Waals surface area contributed by atoms with Crippen LogP contribution in [0.3, 0.4) is 0 Å². The van der Waals surface area contributed by atoms with Crippen molar-refractivity contribution >= 4 is 22.6 Å². The van der Waals surface area contributed by atoms with E-state index in [1.165, 1.54) is 0 Å². The minimum absolute atomic E-state index is 0.336. The van der Waals surface area contributed by atoms with E-state index < -0.39 is 0 Å². The van der Waals surface area contributed by atoms with E-state index in [0.717, 1.165) is 29.6 Å². The molecular formula is C16H22N2O3. The molecule has 0 fully saturated rings. The van der Waals surface area contributed by atoms with Crippen LogP contribution in [0.1, 0.15) is 36.3 Å². The second kappa shape index (κ2) is 6.08. The van der Waals surface area contributed by atoms with Crippen LogP contribution in [-0.2, 0) is 11.3 Å². The molecule has 2 rings (SSSR count). The highest BCUT2D eigenvalue weighted by molar-refractivity contribution is 6.11. The Kier molecular flexibility index (Phi) is 4.40. The average Bonchev–Trinajstić information content (AvgIpc) is 2.74. The second-order valence-electron chi connectivity index (χ2n) is 4.91. The fourth-order valence-electron chi connectivity index (χ4n) is 2.72. The molecule has 0 radical (unpaired) electrons. The Morgan fingerprint density at radius 3 is 2.62 bits per heavy atom. The summed E-state index contributed by atoms with van der Waals surface area (Å²) in [6, 6.07) is 3.77. The standard InChI is InChI=1S/C16H22N2O3/c1-5-9-18-10(3)13(16(19)21-6-2)14-11(18)7-8-12(20-4)15(14)17/h7-8H,5-6,9,17H2,1-4H3. The Hall–Kier alpha value is -2.17. The van der Waals surface area contributed by atoms with Gasteiger partial charge < -0.3 is 19.8 Å². The molecule has 5 nitrogen and oxygen atoms in total. The largest absolute Gasteiger partial charge is 0.495 e. The third kappa shape index (κ3) is 2.44. The lowest BCUT2D eigenvalue weighted by Crippen LogP contribution is -2.08. The lowest BCUT2D eigenvalue weighted by molar-refractivity contribution is 0.0527. The number of benzene rings is 1. The SMILES string of the molecule is CCCn1c(C)c(C(=O)OCC)c2c(N)c(OC)ccc21. The molecule has 0 aliphatic heterocycles. The molecule has 21 heavy (non-hydrogen) atoms. The number of hydrogen-bond acceptors (Lipinski definition) is 4. The van der Waals surface area contributed by atoms with Crippen molar-refractivity contribution in [1.29, 1.82) is 0 Å². The molecule has 1 aromatic heterocycles. The summed E-state index contributed by atoms with van der Waals surface area (Å²) in [5.41, 5.74) is 9.04. The van der Waals surface area contributed by atoms with Gasteiger partial charge in [0, 0.05) is 17.6 Å². The first kappa shape index (κ1) is 15.2. The highest BCUT2D eigenvalue weighted by Gasteiger charge is 2.23. The highest BCUT2D eigenvalue weighted by Crippen LogP contribution is 2.36. The number of aryl methyl sites for hydroxylation is 1. The Labute approximate surface area is 124 Å². The number of carbonyl (C=O) groups excluding carboxylic acids is 1. The number of nitrogens with zero attached hydrogens (tertiary/aromatic N) is 1. The number of anilines is 1. The first-order valence-electron chi connectivity index (χ1n) is 7.19. The average molecular weight is 290 g/mol. The van der Waals surface area contributed by atoms with Crippen LogP contribution in [0.2, 0.25) is 0 Å². The van der Waals surface area contributed by atoms with E-state index in [4.69, 9.17) is 15.2 Å². The Morgan fingerprint density at radius 2 is 2.05 bits per heavy atom. The predicted molar refractivity (Wildman–Crippen MR) is 83.9 cm³/mol. The number of rotatable bonds is 5. The van der Waals surface area contributed by atoms with Gasteiger partial charge in [-0.15, -0.1) is 0 Å². The van der Waals surface area contributed by atoms with Crippen LogP contribution >= 0.6 is 0 Å². The Bertz CT molecular complexity index is 674. The minimum Gasteiger partial charge on any atom is -0.495 e. The fourth-order valence-corrected chi connectivity index (χ4v) is 2.72. The van der Waals surface area contributed by atoms with E-state index >= 15 is 0 Å². The number of carbonyl (C=O) groups is 1. The van der Waals surface area contributed by atoms with Crippen molar-refractivity contribution in [2.24, 2.45) is 0 Å². The van der Waals surface area contributed by atoms with Crippen molar-refractivity contribution in [2.75, 3.05) is 19.5 Å². The van der Waals surface area contributed by atoms with Gasteiger partial charge in [-0.05, 0) is 32.4 Å². The number of hydrogen-bond donors (Lipinski definition) is 1. The molecule has 0 bridgehead atoms. The molecule has 0 aliphatic carbocycles. The number of fused-ring (bicyclic) bond motifs is 1.